The lowest BCUT2D eigenvalue weighted by Crippen LogP contribution is -2.23. The predicted molar refractivity (Wildman–Crippen MR) is 87.2 cm³/mol. The lowest BCUT2D eigenvalue weighted by molar-refractivity contribution is -0.139. The number of carboxylic acid groups (broad SMARTS) is 1. The van der Waals surface area contributed by atoms with E-state index in [1.165, 1.54) is 32.1 Å². The summed E-state index contributed by atoms with van der Waals surface area (Å²) in [4.78, 5) is 22.4. The Balaban J connectivity index is 1.70. The van der Waals surface area contributed by atoms with Crippen LogP contribution in [-0.4, -0.2) is 23.6 Å². The van der Waals surface area contributed by atoms with Crippen LogP contribution in [0.25, 0.3) is 0 Å². The fourth-order valence-corrected chi connectivity index (χ4v) is 2.99. The molecule has 0 spiro atoms. The average Bonchev–Trinajstić information content (AvgIpc) is 2.57. The minimum atomic E-state index is -1.01. The molecule has 2 rings (SSSR count). The Kier molecular flexibility index (Phi) is 6.91. The van der Waals surface area contributed by atoms with Gasteiger partial charge in [-0.3, -0.25) is 4.79 Å². The van der Waals surface area contributed by atoms with Crippen LogP contribution in [0.5, 0.6) is 5.75 Å². The molecule has 5 nitrogen and oxygen atoms in total. The zero-order valence-corrected chi connectivity index (χ0v) is 13.4. The molecule has 1 fully saturated rings. The van der Waals surface area contributed by atoms with Gasteiger partial charge in [0.2, 0.25) is 5.91 Å². The van der Waals surface area contributed by atoms with Crippen LogP contribution < -0.4 is 10.1 Å². The Morgan fingerprint density at radius 2 is 2.00 bits per heavy atom. The third-order valence-electron chi connectivity index (χ3n) is 4.25. The van der Waals surface area contributed by atoms with E-state index in [-0.39, 0.29) is 12.5 Å². The molecule has 0 bridgehead atoms. The van der Waals surface area contributed by atoms with Crippen LogP contribution in [0.1, 0.15) is 50.5 Å². The topological polar surface area (TPSA) is 75.6 Å². The highest BCUT2D eigenvalue weighted by molar-refractivity contribution is 5.75. The van der Waals surface area contributed by atoms with Gasteiger partial charge in [-0.15, -0.1) is 0 Å². The largest absolute Gasteiger partial charge is 0.482 e. The van der Waals surface area contributed by atoms with Crippen molar-refractivity contribution < 1.29 is 19.4 Å². The number of benzene rings is 1. The second kappa shape index (κ2) is 9.18. The number of rotatable bonds is 8. The van der Waals surface area contributed by atoms with E-state index in [0.717, 1.165) is 12.0 Å². The van der Waals surface area contributed by atoms with Gasteiger partial charge < -0.3 is 15.2 Å². The van der Waals surface area contributed by atoms with Crippen molar-refractivity contribution in [2.75, 3.05) is 6.61 Å². The second-order valence-corrected chi connectivity index (χ2v) is 6.15. The highest BCUT2D eigenvalue weighted by atomic mass is 16.5. The molecular weight excluding hydrogens is 294 g/mol. The van der Waals surface area contributed by atoms with Crippen molar-refractivity contribution in [2.45, 2.75) is 51.5 Å². The van der Waals surface area contributed by atoms with E-state index in [4.69, 9.17) is 9.84 Å². The molecule has 0 saturated heterocycles. The maximum absolute atomic E-state index is 11.9. The van der Waals surface area contributed by atoms with Gasteiger partial charge in [0.05, 0.1) is 0 Å². The maximum Gasteiger partial charge on any atom is 0.341 e. The summed E-state index contributed by atoms with van der Waals surface area (Å²) in [7, 11) is 0. The Bertz CT molecular complexity index is 524. The summed E-state index contributed by atoms with van der Waals surface area (Å²) in [5.74, 6) is 0.280. The number of amides is 1. The Labute approximate surface area is 137 Å². The smallest absolute Gasteiger partial charge is 0.341 e. The predicted octanol–water partition coefficient (Wildman–Crippen LogP) is 3.13. The quantitative estimate of drug-likeness (QED) is 0.772. The molecule has 0 atom stereocenters. The number of hydrogen-bond acceptors (Lipinski definition) is 3. The first-order chi connectivity index (χ1) is 11.1. The van der Waals surface area contributed by atoms with Crippen LogP contribution in [0.3, 0.4) is 0 Å². The molecule has 0 unspecified atom stereocenters. The zero-order valence-electron chi connectivity index (χ0n) is 13.4. The van der Waals surface area contributed by atoms with Crippen molar-refractivity contribution in [1.82, 2.24) is 5.32 Å². The monoisotopic (exact) mass is 319 g/mol. The third kappa shape index (κ3) is 6.72. The van der Waals surface area contributed by atoms with Crippen LogP contribution >= 0.6 is 0 Å². The SMILES string of the molecule is O=C(O)COc1cccc(CNC(=O)CCC2CCCCC2)c1. The van der Waals surface area contributed by atoms with Gasteiger partial charge in [-0.25, -0.2) is 4.79 Å². The van der Waals surface area contributed by atoms with Crippen molar-refractivity contribution in [3.63, 3.8) is 0 Å². The van der Waals surface area contributed by atoms with E-state index in [2.05, 4.69) is 5.32 Å². The molecule has 1 aromatic carbocycles. The van der Waals surface area contributed by atoms with Crippen LogP contribution in [-0.2, 0) is 16.1 Å². The van der Waals surface area contributed by atoms with E-state index < -0.39 is 5.97 Å². The molecule has 0 heterocycles. The molecule has 5 heteroatoms. The molecule has 126 valence electrons. The van der Waals surface area contributed by atoms with Crippen LogP contribution in [0.4, 0.5) is 0 Å². The fourth-order valence-electron chi connectivity index (χ4n) is 2.99. The number of hydrogen-bond donors (Lipinski definition) is 2. The van der Waals surface area contributed by atoms with Crippen LogP contribution in [0, 0.1) is 5.92 Å². The maximum atomic E-state index is 11.9. The molecule has 1 aliphatic rings. The minimum Gasteiger partial charge on any atom is -0.482 e. The van der Waals surface area contributed by atoms with Crippen molar-refractivity contribution in [3.8, 4) is 5.75 Å². The van der Waals surface area contributed by atoms with Gasteiger partial charge in [0.25, 0.3) is 0 Å². The number of nitrogens with one attached hydrogen (secondary N) is 1. The highest BCUT2D eigenvalue weighted by Gasteiger charge is 2.14. The van der Waals surface area contributed by atoms with Gasteiger partial charge in [-0.05, 0) is 30.0 Å². The number of ether oxygens (including phenoxy) is 1. The summed E-state index contributed by atoms with van der Waals surface area (Å²) in [6.07, 6.45) is 8.02. The normalized spacial score (nSPS) is 15.1. The molecule has 2 N–H and O–H groups in total. The van der Waals surface area contributed by atoms with Gasteiger partial charge >= 0.3 is 5.97 Å². The molecule has 1 aromatic rings. The summed E-state index contributed by atoms with van der Waals surface area (Å²) in [5, 5.41) is 11.5. The number of carbonyl (C=O) groups is 2. The number of carboxylic acids is 1. The van der Waals surface area contributed by atoms with E-state index in [1.54, 1.807) is 18.2 Å². The summed E-state index contributed by atoms with van der Waals surface area (Å²) < 4.78 is 5.13. The standard InChI is InChI=1S/C18H25NO4/c20-17(10-9-14-5-2-1-3-6-14)19-12-15-7-4-8-16(11-15)23-13-18(21)22/h4,7-8,11,14H,1-3,5-6,9-10,12-13H2,(H,19,20)(H,21,22). The van der Waals surface area contributed by atoms with Crippen molar-refractivity contribution in [2.24, 2.45) is 5.92 Å². The van der Waals surface area contributed by atoms with E-state index in [9.17, 15) is 9.59 Å². The summed E-state index contributed by atoms with van der Waals surface area (Å²) >= 11 is 0. The Morgan fingerprint density at radius 1 is 1.22 bits per heavy atom. The van der Waals surface area contributed by atoms with Gasteiger partial charge in [-0.2, -0.15) is 0 Å². The van der Waals surface area contributed by atoms with E-state index in [1.807, 2.05) is 6.07 Å². The first-order valence-electron chi connectivity index (χ1n) is 8.33. The van der Waals surface area contributed by atoms with Gasteiger partial charge in [0.15, 0.2) is 6.61 Å². The molecule has 0 radical (unpaired) electrons. The summed E-state index contributed by atoms with van der Waals surface area (Å²) in [5.41, 5.74) is 0.902. The average molecular weight is 319 g/mol. The molecule has 0 aliphatic heterocycles. The van der Waals surface area contributed by atoms with Gasteiger partial charge in [0, 0.05) is 13.0 Å². The van der Waals surface area contributed by atoms with Crippen molar-refractivity contribution in [3.05, 3.63) is 29.8 Å². The lowest BCUT2D eigenvalue weighted by atomic mass is 9.86. The molecular formula is C18H25NO4. The fraction of sp³-hybridized carbons (Fsp3) is 0.556. The van der Waals surface area contributed by atoms with Crippen LogP contribution in [0.2, 0.25) is 0 Å². The second-order valence-electron chi connectivity index (χ2n) is 6.15. The Morgan fingerprint density at radius 3 is 2.74 bits per heavy atom. The van der Waals surface area contributed by atoms with Gasteiger partial charge in [0.1, 0.15) is 5.75 Å². The lowest BCUT2D eigenvalue weighted by Gasteiger charge is -2.21. The first-order valence-corrected chi connectivity index (χ1v) is 8.33. The molecule has 1 saturated carbocycles. The molecule has 0 aromatic heterocycles. The van der Waals surface area contributed by atoms with Crippen molar-refractivity contribution in [1.29, 1.82) is 0 Å². The third-order valence-corrected chi connectivity index (χ3v) is 4.25. The molecule has 23 heavy (non-hydrogen) atoms. The van der Waals surface area contributed by atoms with Gasteiger partial charge in [-0.1, -0.05) is 44.2 Å². The molecule has 1 aliphatic carbocycles. The zero-order chi connectivity index (χ0) is 16.5. The Hall–Kier alpha value is -2.04. The van der Waals surface area contributed by atoms with E-state index >= 15 is 0 Å². The first kappa shape index (κ1) is 17.3. The highest BCUT2D eigenvalue weighted by Crippen LogP contribution is 2.27. The van der Waals surface area contributed by atoms with Crippen molar-refractivity contribution >= 4 is 11.9 Å². The van der Waals surface area contributed by atoms with Crippen LogP contribution in [0.15, 0.2) is 24.3 Å². The summed E-state index contributed by atoms with van der Waals surface area (Å²) in [6.45, 7) is 0.0744. The summed E-state index contributed by atoms with van der Waals surface area (Å²) in [6, 6.07) is 7.14. The minimum absolute atomic E-state index is 0.0763. The molecule has 1 amide bonds. The van der Waals surface area contributed by atoms with E-state index in [0.29, 0.717) is 24.6 Å². The number of aliphatic carboxylic acids is 1. The number of carbonyl (C=O) groups excluding carboxylic acids is 1.